The predicted octanol–water partition coefficient (Wildman–Crippen LogP) is 1.08. The first-order chi connectivity index (χ1) is 10.6. The fraction of sp³-hybridized carbons (Fsp3) is 0.438. The highest BCUT2D eigenvalue weighted by atomic mass is 16.5. The number of piperidine rings is 1. The van der Waals surface area contributed by atoms with Gasteiger partial charge >= 0.3 is 0 Å². The maximum Gasteiger partial charge on any atom is 0.249 e. The average Bonchev–Trinajstić information content (AvgIpc) is 2.48. The van der Waals surface area contributed by atoms with E-state index in [1.807, 2.05) is 31.2 Å². The second kappa shape index (κ2) is 7.59. The lowest BCUT2D eigenvalue weighted by atomic mass is 10.1. The number of amides is 3. The molecular weight excluding hydrogens is 284 g/mol. The van der Waals surface area contributed by atoms with E-state index >= 15 is 0 Å². The van der Waals surface area contributed by atoms with Gasteiger partial charge in [-0.15, -0.1) is 0 Å². The molecule has 0 bridgehead atoms. The molecule has 2 rings (SSSR count). The lowest BCUT2D eigenvalue weighted by molar-refractivity contribution is -0.137. The molecule has 22 heavy (non-hydrogen) atoms. The number of imide groups is 1. The molecule has 1 heterocycles. The average molecular weight is 304 g/mol. The molecule has 6 nitrogen and oxygen atoms in total. The Kier molecular flexibility index (Phi) is 5.52. The number of benzene rings is 1. The maximum absolute atomic E-state index is 11.8. The first-order valence-corrected chi connectivity index (χ1v) is 7.38. The standard InChI is InChI=1S/C16H20N2O4/c1-11-5-2-3-6-13(11)22-10-4-7-14(19)17-12-8-9-15(20)18-16(12)21/h2-3,5-6,12H,4,7-10H2,1H3,(H,17,19)(H,18,20,21). The molecule has 0 spiro atoms. The van der Waals surface area contributed by atoms with E-state index in [-0.39, 0.29) is 24.7 Å². The molecule has 0 saturated carbocycles. The lowest BCUT2D eigenvalue weighted by Crippen LogP contribution is -2.52. The SMILES string of the molecule is Cc1ccccc1OCCCC(=O)NC1CCC(=O)NC1=O. The first-order valence-electron chi connectivity index (χ1n) is 7.38. The van der Waals surface area contributed by atoms with Crippen molar-refractivity contribution in [1.82, 2.24) is 10.6 Å². The normalized spacial score (nSPS) is 17.8. The van der Waals surface area contributed by atoms with E-state index in [1.54, 1.807) is 0 Å². The van der Waals surface area contributed by atoms with Gasteiger partial charge in [0.2, 0.25) is 17.7 Å². The second-order valence-electron chi connectivity index (χ2n) is 5.29. The fourth-order valence-electron chi connectivity index (χ4n) is 2.23. The van der Waals surface area contributed by atoms with Crippen molar-refractivity contribution in [2.24, 2.45) is 0 Å². The van der Waals surface area contributed by atoms with Gasteiger partial charge in [-0.2, -0.15) is 0 Å². The molecule has 1 unspecified atom stereocenters. The van der Waals surface area contributed by atoms with E-state index in [2.05, 4.69) is 10.6 Å². The van der Waals surface area contributed by atoms with Gasteiger partial charge in [0, 0.05) is 12.8 Å². The van der Waals surface area contributed by atoms with Crippen LogP contribution in [0.4, 0.5) is 0 Å². The first kappa shape index (κ1) is 16.0. The third kappa shape index (κ3) is 4.58. The third-order valence-corrected chi connectivity index (χ3v) is 3.47. The van der Waals surface area contributed by atoms with Crippen molar-refractivity contribution in [3.8, 4) is 5.75 Å². The van der Waals surface area contributed by atoms with E-state index in [0.29, 0.717) is 19.4 Å². The second-order valence-corrected chi connectivity index (χ2v) is 5.29. The minimum Gasteiger partial charge on any atom is -0.493 e. The summed E-state index contributed by atoms with van der Waals surface area (Å²) in [6.45, 7) is 2.40. The molecule has 1 atom stereocenters. The van der Waals surface area contributed by atoms with Crippen LogP contribution in [0.3, 0.4) is 0 Å². The van der Waals surface area contributed by atoms with Crippen molar-refractivity contribution < 1.29 is 19.1 Å². The number of ether oxygens (including phenoxy) is 1. The molecule has 2 N–H and O–H groups in total. The highest BCUT2D eigenvalue weighted by molar-refractivity contribution is 6.01. The molecule has 1 aromatic carbocycles. The Labute approximate surface area is 129 Å². The van der Waals surface area contributed by atoms with Crippen LogP contribution in [0.2, 0.25) is 0 Å². The molecule has 3 amide bonds. The minimum absolute atomic E-state index is 0.206. The minimum atomic E-state index is -0.609. The van der Waals surface area contributed by atoms with Crippen LogP contribution in [-0.4, -0.2) is 30.4 Å². The van der Waals surface area contributed by atoms with Gasteiger partial charge in [-0.25, -0.2) is 0 Å². The molecule has 0 aromatic heterocycles. The van der Waals surface area contributed by atoms with Crippen LogP contribution in [0.5, 0.6) is 5.75 Å². The molecule has 1 aliphatic rings. The van der Waals surface area contributed by atoms with Crippen LogP contribution in [-0.2, 0) is 14.4 Å². The van der Waals surface area contributed by atoms with E-state index in [9.17, 15) is 14.4 Å². The number of carbonyl (C=O) groups is 3. The van der Waals surface area contributed by atoms with Gasteiger partial charge < -0.3 is 10.1 Å². The van der Waals surface area contributed by atoms with Crippen molar-refractivity contribution in [2.75, 3.05) is 6.61 Å². The number of aryl methyl sites for hydroxylation is 1. The maximum atomic E-state index is 11.8. The smallest absolute Gasteiger partial charge is 0.249 e. The van der Waals surface area contributed by atoms with Gasteiger partial charge in [0.15, 0.2) is 0 Å². The van der Waals surface area contributed by atoms with Crippen LogP contribution in [0.1, 0.15) is 31.2 Å². The Bertz CT molecular complexity index is 571. The Morgan fingerprint density at radius 3 is 2.86 bits per heavy atom. The topological polar surface area (TPSA) is 84.5 Å². The third-order valence-electron chi connectivity index (χ3n) is 3.47. The van der Waals surface area contributed by atoms with E-state index < -0.39 is 11.9 Å². The zero-order valence-corrected chi connectivity index (χ0v) is 12.6. The molecule has 1 aliphatic heterocycles. The van der Waals surface area contributed by atoms with Crippen molar-refractivity contribution in [3.05, 3.63) is 29.8 Å². The molecule has 0 aliphatic carbocycles. The van der Waals surface area contributed by atoms with Crippen LogP contribution in [0.25, 0.3) is 0 Å². The summed E-state index contributed by atoms with van der Waals surface area (Å²) in [4.78, 5) is 34.3. The van der Waals surface area contributed by atoms with Gasteiger partial charge in [-0.05, 0) is 31.4 Å². The molecular formula is C16H20N2O4. The van der Waals surface area contributed by atoms with Gasteiger partial charge in [-0.1, -0.05) is 18.2 Å². The monoisotopic (exact) mass is 304 g/mol. The summed E-state index contributed by atoms with van der Waals surface area (Å²) in [5, 5.41) is 4.85. The Balaban J connectivity index is 1.67. The Morgan fingerprint density at radius 1 is 1.36 bits per heavy atom. The number of hydrogen-bond acceptors (Lipinski definition) is 4. The number of para-hydroxylation sites is 1. The largest absolute Gasteiger partial charge is 0.493 e. The summed E-state index contributed by atoms with van der Waals surface area (Å²) in [6.07, 6.45) is 1.46. The number of carbonyl (C=O) groups excluding carboxylic acids is 3. The van der Waals surface area contributed by atoms with Gasteiger partial charge in [0.1, 0.15) is 11.8 Å². The molecule has 118 valence electrons. The van der Waals surface area contributed by atoms with Gasteiger partial charge in [0.05, 0.1) is 6.61 Å². The highest BCUT2D eigenvalue weighted by Gasteiger charge is 2.27. The van der Waals surface area contributed by atoms with E-state index in [1.165, 1.54) is 0 Å². The Hall–Kier alpha value is -2.37. The molecule has 1 fully saturated rings. The molecule has 1 saturated heterocycles. The van der Waals surface area contributed by atoms with Crippen molar-refractivity contribution >= 4 is 17.7 Å². The van der Waals surface area contributed by atoms with Crippen molar-refractivity contribution in [1.29, 1.82) is 0 Å². The van der Waals surface area contributed by atoms with Crippen LogP contribution in [0, 0.1) is 6.92 Å². The summed E-state index contributed by atoms with van der Waals surface area (Å²) in [5.41, 5.74) is 1.05. The van der Waals surface area contributed by atoms with Crippen LogP contribution >= 0.6 is 0 Å². The summed E-state index contributed by atoms with van der Waals surface area (Å²) < 4.78 is 5.61. The molecule has 1 aromatic rings. The highest BCUT2D eigenvalue weighted by Crippen LogP contribution is 2.16. The van der Waals surface area contributed by atoms with E-state index in [4.69, 9.17) is 4.74 Å². The summed E-state index contributed by atoms with van der Waals surface area (Å²) in [5.74, 6) is -0.112. The van der Waals surface area contributed by atoms with Gasteiger partial charge in [-0.3, -0.25) is 19.7 Å². The number of rotatable bonds is 6. The van der Waals surface area contributed by atoms with Gasteiger partial charge in [0.25, 0.3) is 0 Å². The van der Waals surface area contributed by atoms with Crippen LogP contribution in [0.15, 0.2) is 24.3 Å². The summed E-state index contributed by atoms with van der Waals surface area (Å²) >= 11 is 0. The quantitative estimate of drug-likeness (QED) is 0.608. The number of hydrogen-bond donors (Lipinski definition) is 2. The zero-order valence-electron chi connectivity index (χ0n) is 12.6. The summed E-state index contributed by atoms with van der Waals surface area (Å²) in [7, 11) is 0. The number of nitrogens with one attached hydrogen (secondary N) is 2. The van der Waals surface area contributed by atoms with Crippen molar-refractivity contribution in [3.63, 3.8) is 0 Å². The predicted molar refractivity (Wildman–Crippen MR) is 80.2 cm³/mol. The molecule has 6 heteroatoms. The molecule has 0 radical (unpaired) electrons. The fourth-order valence-corrected chi connectivity index (χ4v) is 2.23. The summed E-state index contributed by atoms with van der Waals surface area (Å²) in [6, 6.07) is 7.08. The lowest BCUT2D eigenvalue weighted by Gasteiger charge is -2.21. The van der Waals surface area contributed by atoms with E-state index in [0.717, 1.165) is 11.3 Å². The van der Waals surface area contributed by atoms with Crippen LogP contribution < -0.4 is 15.4 Å². The zero-order chi connectivity index (χ0) is 15.9. The Morgan fingerprint density at radius 2 is 2.14 bits per heavy atom. The van der Waals surface area contributed by atoms with Crippen molar-refractivity contribution in [2.45, 2.75) is 38.6 Å².